The maximum Gasteiger partial charge on any atom is 0.343 e. The summed E-state index contributed by atoms with van der Waals surface area (Å²) in [7, 11) is 0. The van der Waals surface area contributed by atoms with Gasteiger partial charge in [-0.3, -0.25) is 14.5 Å². The zero-order valence-electron chi connectivity index (χ0n) is 18.3. The highest BCUT2D eigenvalue weighted by molar-refractivity contribution is 6.22. The van der Waals surface area contributed by atoms with Gasteiger partial charge in [-0.15, -0.1) is 0 Å². The molecule has 0 aromatic heterocycles. The maximum absolute atomic E-state index is 12.8. The number of anilines is 1. The fraction of sp³-hybridized carbons (Fsp3) is 0.250. The van der Waals surface area contributed by atoms with Crippen molar-refractivity contribution in [3.05, 3.63) is 95.6 Å². The van der Waals surface area contributed by atoms with Crippen molar-refractivity contribution in [1.29, 1.82) is 0 Å². The van der Waals surface area contributed by atoms with Crippen molar-refractivity contribution in [3.8, 4) is 5.75 Å². The topological polar surface area (TPSA) is 63.7 Å². The summed E-state index contributed by atoms with van der Waals surface area (Å²) >= 11 is 0. The smallest absolute Gasteiger partial charge is 0.343 e. The molecule has 2 atom stereocenters. The molecule has 3 aromatic rings. The van der Waals surface area contributed by atoms with Crippen molar-refractivity contribution in [2.24, 2.45) is 11.8 Å². The molecule has 5 heteroatoms. The van der Waals surface area contributed by atoms with E-state index in [0.29, 0.717) is 17.0 Å². The number of carbonyl (C=O) groups excluding carboxylic acids is 3. The molecule has 166 valence electrons. The summed E-state index contributed by atoms with van der Waals surface area (Å²) in [5.41, 5.74) is 3.23. The predicted octanol–water partition coefficient (Wildman–Crippen LogP) is 5.18. The Morgan fingerprint density at radius 1 is 0.758 bits per heavy atom. The van der Waals surface area contributed by atoms with Crippen LogP contribution in [0.2, 0.25) is 0 Å². The van der Waals surface area contributed by atoms with Crippen LogP contribution in [0.25, 0.3) is 0 Å². The van der Waals surface area contributed by atoms with Gasteiger partial charge in [0.1, 0.15) is 5.75 Å². The molecule has 2 aliphatic rings. The Balaban J connectivity index is 1.24. The van der Waals surface area contributed by atoms with Gasteiger partial charge in [-0.25, -0.2) is 4.79 Å². The summed E-state index contributed by atoms with van der Waals surface area (Å²) in [6.45, 7) is 0. The average Bonchev–Trinajstić information content (AvgIpc) is 3.11. The van der Waals surface area contributed by atoms with Crippen LogP contribution in [0.4, 0.5) is 5.69 Å². The number of rotatable bonds is 5. The quantitative estimate of drug-likeness (QED) is 0.312. The Morgan fingerprint density at radius 3 is 1.94 bits per heavy atom. The van der Waals surface area contributed by atoms with E-state index in [2.05, 4.69) is 12.1 Å². The highest BCUT2D eigenvalue weighted by Crippen LogP contribution is 2.40. The Labute approximate surface area is 193 Å². The normalized spacial score (nSPS) is 19.9. The second-order valence-electron chi connectivity index (χ2n) is 8.75. The van der Waals surface area contributed by atoms with Gasteiger partial charge < -0.3 is 4.74 Å². The monoisotopic (exact) mass is 439 g/mol. The molecule has 0 radical (unpaired) electrons. The summed E-state index contributed by atoms with van der Waals surface area (Å²) in [4.78, 5) is 39.4. The lowest BCUT2D eigenvalue weighted by Crippen LogP contribution is -2.30. The van der Waals surface area contributed by atoms with E-state index in [4.69, 9.17) is 4.74 Å². The summed E-state index contributed by atoms with van der Waals surface area (Å²) in [6.07, 6.45) is 4.35. The molecule has 0 unspecified atom stereocenters. The SMILES string of the molecule is O=C(Oc1ccc(Cc2ccccc2)cc1)c1ccc(N2C(=O)[C@H]3CCCC[C@@H]3C2=O)cc1. The minimum absolute atomic E-state index is 0.115. The van der Waals surface area contributed by atoms with E-state index in [1.165, 1.54) is 10.5 Å². The Morgan fingerprint density at radius 2 is 1.33 bits per heavy atom. The number of imide groups is 1. The van der Waals surface area contributed by atoms with Crippen LogP contribution in [0.3, 0.4) is 0 Å². The van der Waals surface area contributed by atoms with Crippen molar-refractivity contribution in [1.82, 2.24) is 0 Å². The fourth-order valence-corrected chi connectivity index (χ4v) is 4.84. The number of hydrogen-bond donors (Lipinski definition) is 0. The van der Waals surface area contributed by atoms with Crippen LogP contribution in [0.1, 0.15) is 47.2 Å². The van der Waals surface area contributed by atoms with Gasteiger partial charge in [-0.2, -0.15) is 0 Å². The number of fused-ring (bicyclic) bond motifs is 1. The highest BCUT2D eigenvalue weighted by Gasteiger charge is 2.48. The van der Waals surface area contributed by atoms with E-state index >= 15 is 0 Å². The first kappa shape index (κ1) is 21.1. The zero-order valence-corrected chi connectivity index (χ0v) is 18.3. The molecule has 33 heavy (non-hydrogen) atoms. The molecule has 1 saturated heterocycles. The van der Waals surface area contributed by atoms with E-state index < -0.39 is 5.97 Å². The third-order valence-corrected chi connectivity index (χ3v) is 6.59. The number of hydrogen-bond acceptors (Lipinski definition) is 4. The van der Waals surface area contributed by atoms with E-state index in [0.717, 1.165) is 37.7 Å². The molecular formula is C28H25NO4. The van der Waals surface area contributed by atoms with Gasteiger partial charge in [0.2, 0.25) is 11.8 Å². The van der Waals surface area contributed by atoms with Crippen molar-refractivity contribution >= 4 is 23.5 Å². The lowest BCUT2D eigenvalue weighted by molar-refractivity contribution is -0.122. The van der Waals surface area contributed by atoms with Crippen LogP contribution in [0, 0.1) is 11.8 Å². The molecule has 1 aliphatic heterocycles. The standard InChI is InChI=1S/C28H25NO4/c30-26-24-8-4-5-9-25(24)27(31)29(26)22-14-12-21(13-15-22)28(32)33-23-16-10-20(11-17-23)18-19-6-2-1-3-7-19/h1-3,6-7,10-17,24-25H,4-5,8-9,18H2/t24-,25-/m0/s1. The Kier molecular flexibility index (Phi) is 5.78. The van der Waals surface area contributed by atoms with Gasteiger partial charge in [-0.05, 0) is 66.8 Å². The molecule has 0 spiro atoms. The lowest BCUT2D eigenvalue weighted by Gasteiger charge is -2.19. The molecule has 1 saturated carbocycles. The summed E-state index contributed by atoms with van der Waals surface area (Å²) in [6, 6.07) is 24.1. The number of benzene rings is 3. The van der Waals surface area contributed by atoms with Gasteiger partial charge in [-0.1, -0.05) is 55.3 Å². The van der Waals surface area contributed by atoms with Crippen molar-refractivity contribution < 1.29 is 19.1 Å². The van der Waals surface area contributed by atoms with Gasteiger partial charge in [0, 0.05) is 0 Å². The van der Waals surface area contributed by atoms with Crippen LogP contribution in [0.15, 0.2) is 78.9 Å². The molecule has 5 nitrogen and oxygen atoms in total. The van der Waals surface area contributed by atoms with Crippen LogP contribution in [0.5, 0.6) is 5.75 Å². The van der Waals surface area contributed by atoms with Crippen LogP contribution < -0.4 is 9.64 Å². The summed E-state index contributed by atoms with van der Waals surface area (Å²) in [5.74, 6) is -0.632. The molecular weight excluding hydrogens is 414 g/mol. The lowest BCUT2D eigenvalue weighted by atomic mass is 9.81. The fourth-order valence-electron chi connectivity index (χ4n) is 4.84. The third-order valence-electron chi connectivity index (χ3n) is 6.59. The number of nitrogens with zero attached hydrogens (tertiary/aromatic N) is 1. The largest absolute Gasteiger partial charge is 0.423 e. The summed E-state index contributed by atoms with van der Waals surface area (Å²) < 4.78 is 5.50. The first-order valence-corrected chi connectivity index (χ1v) is 11.4. The second kappa shape index (κ2) is 9.02. The molecule has 5 rings (SSSR count). The number of esters is 1. The van der Waals surface area contributed by atoms with Crippen LogP contribution >= 0.6 is 0 Å². The molecule has 1 heterocycles. The molecule has 1 aliphatic carbocycles. The van der Waals surface area contributed by atoms with E-state index in [1.54, 1.807) is 36.4 Å². The minimum Gasteiger partial charge on any atom is -0.423 e. The molecule has 3 aromatic carbocycles. The first-order valence-electron chi connectivity index (χ1n) is 11.4. The van der Waals surface area contributed by atoms with E-state index in [-0.39, 0.29) is 23.7 Å². The van der Waals surface area contributed by atoms with Gasteiger partial charge in [0.15, 0.2) is 0 Å². The second-order valence-corrected chi connectivity index (χ2v) is 8.75. The van der Waals surface area contributed by atoms with Crippen molar-refractivity contribution in [2.45, 2.75) is 32.1 Å². The predicted molar refractivity (Wildman–Crippen MR) is 125 cm³/mol. The maximum atomic E-state index is 12.8. The molecule has 0 N–H and O–H groups in total. The highest BCUT2D eigenvalue weighted by atomic mass is 16.5. The number of carbonyl (C=O) groups is 3. The van der Waals surface area contributed by atoms with E-state index in [9.17, 15) is 14.4 Å². The third kappa shape index (κ3) is 4.31. The molecule has 0 bridgehead atoms. The van der Waals surface area contributed by atoms with Gasteiger partial charge in [0.05, 0.1) is 23.1 Å². The molecule has 2 fully saturated rings. The van der Waals surface area contributed by atoms with Crippen LogP contribution in [-0.2, 0) is 16.0 Å². The number of amides is 2. The average molecular weight is 440 g/mol. The Hall–Kier alpha value is -3.73. The van der Waals surface area contributed by atoms with Crippen molar-refractivity contribution in [3.63, 3.8) is 0 Å². The van der Waals surface area contributed by atoms with Crippen LogP contribution in [-0.4, -0.2) is 17.8 Å². The first-order chi connectivity index (χ1) is 16.1. The minimum atomic E-state index is -0.481. The number of ether oxygens (including phenoxy) is 1. The Bertz CT molecular complexity index is 1140. The van der Waals surface area contributed by atoms with Crippen molar-refractivity contribution in [2.75, 3.05) is 4.90 Å². The van der Waals surface area contributed by atoms with Gasteiger partial charge >= 0.3 is 5.97 Å². The zero-order chi connectivity index (χ0) is 22.8. The van der Waals surface area contributed by atoms with Gasteiger partial charge in [0.25, 0.3) is 0 Å². The van der Waals surface area contributed by atoms with E-state index in [1.807, 2.05) is 30.3 Å². The molecule has 2 amide bonds. The summed E-state index contributed by atoms with van der Waals surface area (Å²) in [5, 5.41) is 0.